The lowest BCUT2D eigenvalue weighted by molar-refractivity contribution is -0.144. The fourth-order valence-electron chi connectivity index (χ4n) is 2.83. The van der Waals surface area contributed by atoms with Crippen molar-refractivity contribution in [3.05, 3.63) is 0 Å². The average molecular weight is 249 g/mol. The number of hydrogen-bond acceptors (Lipinski definition) is 3. The van der Waals surface area contributed by atoms with Crippen molar-refractivity contribution in [2.45, 2.75) is 57.4 Å². The Bertz CT molecular complexity index is 382. The summed E-state index contributed by atoms with van der Waals surface area (Å²) >= 11 is 0. The summed E-state index contributed by atoms with van der Waals surface area (Å²) in [5.74, 6) is 0.0717. The first kappa shape index (κ1) is 11.7. The van der Waals surface area contributed by atoms with Gasteiger partial charge in [0.25, 0.3) is 0 Å². The van der Waals surface area contributed by atoms with Crippen molar-refractivity contribution in [2.24, 2.45) is 10.4 Å². The van der Waals surface area contributed by atoms with Crippen molar-refractivity contribution < 1.29 is 9.59 Å². The zero-order valence-corrected chi connectivity index (χ0v) is 10.5. The highest BCUT2D eigenvalue weighted by molar-refractivity contribution is 6.20. The molecule has 1 aliphatic heterocycles. The van der Waals surface area contributed by atoms with Gasteiger partial charge in [-0.1, -0.05) is 25.7 Å². The molecule has 3 fully saturated rings. The molecular formula is C13H19N3O2. The van der Waals surface area contributed by atoms with Crippen LogP contribution in [-0.4, -0.2) is 23.8 Å². The fraction of sp³-hybridized carbons (Fsp3) is 0.769. The predicted molar refractivity (Wildman–Crippen MR) is 66.9 cm³/mol. The third kappa shape index (κ3) is 2.02. The monoisotopic (exact) mass is 249 g/mol. The normalized spacial score (nSPS) is 27.4. The van der Waals surface area contributed by atoms with Gasteiger partial charge in [0.05, 0.1) is 6.04 Å². The zero-order valence-electron chi connectivity index (χ0n) is 10.5. The molecule has 0 radical (unpaired) electrons. The van der Waals surface area contributed by atoms with E-state index in [1.807, 2.05) is 0 Å². The summed E-state index contributed by atoms with van der Waals surface area (Å²) < 4.78 is 0. The molecule has 5 nitrogen and oxygen atoms in total. The third-order valence-corrected chi connectivity index (χ3v) is 4.15. The zero-order chi connectivity index (χ0) is 12.6. The third-order valence-electron chi connectivity index (χ3n) is 4.15. The van der Waals surface area contributed by atoms with Gasteiger partial charge < -0.3 is 0 Å². The smallest absolute Gasteiger partial charge is 0.242 e. The number of aliphatic imine (C=N–C) groups is 1. The first-order chi connectivity index (χ1) is 8.71. The molecule has 2 N–H and O–H groups in total. The van der Waals surface area contributed by atoms with Crippen LogP contribution in [0.1, 0.15) is 51.4 Å². The Morgan fingerprint density at radius 1 is 0.944 bits per heavy atom. The van der Waals surface area contributed by atoms with Crippen molar-refractivity contribution in [3.8, 4) is 0 Å². The van der Waals surface area contributed by atoms with Gasteiger partial charge in [0, 0.05) is 0 Å². The van der Waals surface area contributed by atoms with Gasteiger partial charge in [-0.25, -0.2) is 4.99 Å². The number of nitrogens with zero attached hydrogens (tertiary/aromatic N) is 1. The van der Waals surface area contributed by atoms with Crippen molar-refractivity contribution in [3.63, 3.8) is 0 Å². The van der Waals surface area contributed by atoms with Gasteiger partial charge in [0.1, 0.15) is 5.41 Å². The fourth-order valence-corrected chi connectivity index (χ4v) is 2.83. The Labute approximate surface area is 106 Å². The van der Waals surface area contributed by atoms with Crippen LogP contribution in [0, 0.1) is 5.41 Å². The maximum atomic E-state index is 12.3. The lowest BCUT2D eigenvalue weighted by Gasteiger charge is -2.34. The maximum Gasteiger partial charge on any atom is 0.242 e. The number of carbonyl (C=O) groups is 2. The largest absolute Gasteiger partial charge is 0.295 e. The van der Waals surface area contributed by atoms with Gasteiger partial charge in [-0.15, -0.1) is 0 Å². The second-order valence-electron chi connectivity index (χ2n) is 5.61. The molecule has 0 bridgehead atoms. The van der Waals surface area contributed by atoms with Crippen LogP contribution in [0.3, 0.4) is 0 Å². The van der Waals surface area contributed by atoms with Crippen molar-refractivity contribution in [1.82, 2.24) is 10.6 Å². The van der Waals surface area contributed by atoms with Crippen molar-refractivity contribution >= 4 is 17.8 Å². The molecule has 1 saturated heterocycles. The van der Waals surface area contributed by atoms with E-state index in [9.17, 15) is 9.59 Å². The molecular weight excluding hydrogens is 230 g/mol. The number of guanidine groups is 1. The number of amides is 2. The molecule has 5 heteroatoms. The molecule has 2 amide bonds. The summed E-state index contributed by atoms with van der Waals surface area (Å²) in [5.41, 5.74) is -0.834. The van der Waals surface area contributed by atoms with Gasteiger partial charge in [0.15, 0.2) is 0 Å². The van der Waals surface area contributed by atoms with Crippen LogP contribution in [0.15, 0.2) is 4.99 Å². The Kier molecular flexibility index (Phi) is 2.84. The Morgan fingerprint density at radius 3 is 2.00 bits per heavy atom. The van der Waals surface area contributed by atoms with E-state index in [0.29, 0.717) is 24.8 Å². The van der Waals surface area contributed by atoms with E-state index in [0.717, 1.165) is 38.5 Å². The van der Waals surface area contributed by atoms with Crippen LogP contribution in [0.25, 0.3) is 0 Å². The maximum absolute atomic E-state index is 12.3. The molecule has 1 spiro atoms. The molecule has 18 heavy (non-hydrogen) atoms. The number of nitrogens with one attached hydrogen (secondary N) is 2. The Balaban J connectivity index is 1.80. The second-order valence-corrected chi connectivity index (χ2v) is 5.61. The summed E-state index contributed by atoms with van der Waals surface area (Å²) in [6, 6.07) is 0.295. The second kappa shape index (κ2) is 4.37. The van der Waals surface area contributed by atoms with Crippen LogP contribution in [-0.2, 0) is 9.59 Å². The van der Waals surface area contributed by atoms with E-state index >= 15 is 0 Å². The van der Waals surface area contributed by atoms with E-state index in [-0.39, 0.29) is 11.8 Å². The summed E-state index contributed by atoms with van der Waals surface area (Å²) in [6.45, 7) is 0. The summed E-state index contributed by atoms with van der Waals surface area (Å²) in [7, 11) is 0. The highest BCUT2D eigenvalue weighted by atomic mass is 16.2. The highest BCUT2D eigenvalue weighted by Gasteiger charge is 2.49. The van der Waals surface area contributed by atoms with Crippen LogP contribution in [0.2, 0.25) is 0 Å². The Morgan fingerprint density at radius 2 is 1.50 bits per heavy atom. The van der Waals surface area contributed by atoms with Gasteiger partial charge in [-0.2, -0.15) is 0 Å². The minimum atomic E-state index is -0.834. The predicted octanol–water partition coefficient (Wildman–Crippen LogP) is 1.09. The number of carbonyl (C=O) groups excluding carboxylic acids is 2. The molecule has 1 heterocycles. The highest BCUT2D eigenvalue weighted by Crippen LogP contribution is 2.37. The summed E-state index contributed by atoms with van der Waals surface area (Å²) in [5, 5.41) is 5.57. The first-order valence-corrected chi connectivity index (χ1v) is 6.91. The first-order valence-electron chi connectivity index (χ1n) is 6.91. The van der Waals surface area contributed by atoms with Crippen LogP contribution >= 0.6 is 0 Å². The minimum absolute atomic E-state index is 0.146. The van der Waals surface area contributed by atoms with Gasteiger partial charge >= 0.3 is 0 Å². The molecule has 2 saturated carbocycles. The van der Waals surface area contributed by atoms with Gasteiger partial charge in [-0.3, -0.25) is 20.2 Å². The molecule has 3 aliphatic rings. The van der Waals surface area contributed by atoms with E-state index in [4.69, 9.17) is 0 Å². The molecule has 98 valence electrons. The molecule has 3 rings (SSSR count). The molecule has 0 aromatic carbocycles. The van der Waals surface area contributed by atoms with E-state index in [1.165, 1.54) is 0 Å². The van der Waals surface area contributed by atoms with Crippen LogP contribution in [0.5, 0.6) is 0 Å². The van der Waals surface area contributed by atoms with E-state index in [1.54, 1.807) is 0 Å². The number of rotatable bonds is 1. The molecule has 0 aromatic heterocycles. The van der Waals surface area contributed by atoms with Crippen LogP contribution < -0.4 is 10.6 Å². The molecule has 0 aromatic rings. The van der Waals surface area contributed by atoms with Crippen molar-refractivity contribution in [2.75, 3.05) is 0 Å². The molecule has 0 atom stereocenters. The van der Waals surface area contributed by atoms with Crippen LogP contribution in [0.4, 0.5) is 0 Å². The average Bonchev–Trinajstić information content (AvgIpc) is 3.12. The van der Waals surface area contributed by atoms with Gasteiger partial charge in [0.2, 0.25) is 17.8 Å². The molecule has 2 aliphatic carbocycles. The van der Waals surface area contributed by atoms with Gasteiger partial charge in [-0.05, 0) is 25.7 Å². The number of hydrogen-bond donors (Lipinski definition) is 2. The Hall–Kier alpha value is -1.39. The lowest BCUT2D eigenvalue weighted by atomic mass is 9.77. The topological polar surface area (TPSA) is 70.6 Å². The SMILES string of the molecule is O=C1NC(=NC2CC2)NC(=O)C12CCCCCC2. The van der Waals surface area contributed by atoms with E-state index < -0.39 is 5.41 Å². The lowest BCUT2D eigenvalue weighted by Crippen LogP contribution is -2.62. The van der Waals surface area contributed by atoms with Crippen molar-refractivity contribution in [1.29, 1.82) is 0 Å². The standard InChI is InChI=1S/C13H19N3O2/c17-10-13(7-3-1-2-4-8-13)11(18)16-12(15-10)14-9-5-6-9/h9H,1-8H2,(H2,14,15,16,17,18). The quantitative estimate of drug-likeness (QED) is 0.683. The molecule has 0 unspecified atom stereocenters. The summed E-state index contributed by atoms with van der Waals surface area (Å²) in [4.78, 5) is 28.9. The van der Waals surface area contributed by atoms with E-state index in [2.05, 4.69) is 15.6 Å². The summed E-state index contributed by atoms with van der Waals surface area (Å²) in [6.07, 6.45) is 7.59. The minimum Gasteiger partial charge on any atom is -0.295 e.